The number of pyridine rings is 2. The van der Waals surface area contributed by atoms with Crippen LogP contribution >= 0.6 is 0 Å². The van der Waals surface area contributed by atoms with E-state index >= 15 is 0 Å². The molecule has 2 aliphatic heterocycles. The van der Waals surface area contributed by atoms with Gasteiger partial charge in [-0.3, -0.25) is 4.79 Å². The summed E-state index contributed by atoms with van der Waals surface area (Å²) in [5.41, 5.74) is 0.302. The van der Waals surface area contributed by atoms with Gasteiger partial charge in [0.15, 0.2) is 0 Å². The van der Waals surface area contributed by atoms with Gasteiger partial charge >= 0.3 is 12.1 Å². The number of hydrogen-bond acceptors (Lipinski definition) is 7. The zero-order valence-electron chi connectivity index (χ0n) is 17.5. The van der Waals surface area contributed by atoms with Crippen LogP contribution in [0.3, 0.4) is 0 Å². The number of carbonyl (C=O) groups is 2. The average Bonchev–Trinajstić information content (AvgIpc) is 3.11. The molecule has 2 aromatic heterocycles. The van der Waals surface area contributed by atoms with Gasteiger partial charge in [-0.2, -0.15) is 0 Å². The Hall–Kier alpha value is -3.72. The number of alkyl carbamates (subject to hydrolysis) is 1. The number of aromatic nitrogens is 2. The van der Waals surface area contributed by atoms with Crippen LogP contribution in [-0.2, 0) is 33.0 Å². The van der Waals surface area contributed by atoms with E-state index in [9.17, 15) is 19.5 Å². The summed E-state index contributed by atoms with van der Waals surface area (Å²) in [4.78, 5) is 42.4. The van der Waals surface area contributed by atoms with Crippen LogP contribution in [0.5, 0.6) is 0 Å². The fraction of sp³-hybridized carbons (Fsp3) is 0.304. The van der Waals surface area contributed by atoms with Crippen LogP contribution in [0.4, 0.5) is 4.79 Å². The van der Waals surface area contributed by atoms with Crippen LogP contribution in [0, 0.1) is 0 Å². The first-order valence-corrected chi connectivity index (χ1v) is 10.3. The van der Waals surface area contributed by atoms with E-state index in [4.69, 9.17) is 14.5 Å². The summed E-state index contributed by atoms with van der Waals surface area (Å²) in [5.74, 6) is -0.976. The van der Waals surface area contributed by atoms with Crippen molar-refractivity contribution in [3.8, 4) is 11.4 Å². The molecule has 5 rings (SSSR count). The van der Waals surface area contributed by atoms with Gasteiger partial charge in [0, 0.05) is 22.6 Å². The second-order valence-corrected chi connectivity index (χ2v) is 8.31. The van der Waals surface area contributed by atoms with Crippen LogP contribution in [-0.4, -0.2) is 39.4 Å². The molecule has 1 amide bonds. The first-order chi connectivity index (χ1) is 15.3. The molecule has 2 aliphatic rings. The van der Waals surface area contributed by atoms with Crippen LogP contribution in [0.2, 0.25) is 0 Å². The quantitative estimate of drug-likeness (QED) is 0.471. The van der Waals surface area contributed by atoms with Gasteiger partial charge in [0.1, 0.15) is 13.2 Å². The van der Waals surface area contributed by atoms with E-state index in [1.807, 2.05) is 30.3 Å². The van der Waals surface area contributed by atoms with Crippen molar-refractivity contribution in [3.63, 3.8) is 0 Å². The molecule has 3 aromatic rings. The molecule has 0 fully saturated rings. The van der Waals surface area contributed by atoms with Gasteiger partial charge in [0.05, 0.1) is 29.0 Å². The maximum Gasteiger partial charge on any atom is 0.407 e. The minimum atomic E-state index is -2.30. The molecule has 32 heavy (non-hydrogen) atoms. The number of nitrogens with one attached hydrogen (secondary N) is 1. The second kappa shape index (κ2) is 7.16. The number of amides is 1. The summed E-state index contributed by atoms with van der Waals surface area (Å²) < 4.78 is 11.7. The van der Waals surface area contributed by atoms with E-state index in [1.165, 1.54) is 0 Å². The molecule has 1 aromatic carbocycles. The van der Waals surface area contributed by atoms with E-state index in [-0.39, 0.29) is 29.3 Å². The summed E-state index contributed by atoms with van der Waals surface area (Å²) in [7, 11) is 0. The summed E-state index contributed by atoms with van der Waals surface area (Å²) in [5, 5.41) is 14.7. The van der Waals surface area contributed by atoms with Crippen molar-refractivity contribution >= 4 is 23.0 Å². The molecular formula is C23H21N3O6. The molecule has 9 nitrogen and oxygen atoms in total. The van der Waals surface area contributed by atoms with E-state index in [0.717, 1.165) is 16.5 Å². The molecule has 4 heterocycles. The normalized spacial score (nSPS) is 18.7. The molecule has 1 unspecified atom stereocenters. The Labute approximate surface area is 182 Å². The van der Waals surface area contributed by atoms with Crippen LogP contribution < -0.4 is 10.9 Å². The lowest BCUT2D eigenvalue weighted by Gasteiger charge is -2.32. The number of cyclic esters (lactones) is 1. The number of carbonyl (C=O) groups excluding carboxylic acids is 2. The van der Waals surface area contributed by atoms with Gasteiger partial charge in [-0.05, 0) is 32.0 Å². The van der Waals surface area contributed by atoms with Crippen molar-refractivity contribution in [1.82, 2.24) is 14.9 Å². The maximum atomic E-state index is 13.3. The number of aliphatic hydroxyl groups is 1. The molecule has 0 aliphatic carbocycles. The van der Waals surface area contributed by atoms with E-state index in [2.05, 4.69) is 5.32 Å². The molecule has 0 saturated heterocycles. The molecule has 0 saturated carbocycles. The molecule has 2 N–H and O–H groups in total. The Bertz CT molecular complexity index is 1350. The Morgan fingerprint density at radius 1 is 1.31 bits per heavy atom. The minimum Gasteiger partial charge on any atom is -0.458 e. The molecule has 0 radical (unpaired) electrons. The number of rotatable bonds is 3. The number of benzene rings is 1. The molecule has 1 atom stereocenters. The van der Waals surface area contributed by atoms with Crippen molar-refractivity contribution in [1.29, 1.82) is 0 Å². The molecule has 0 bridgehead atoms. The van der Waals surface area contributed by atoms with Crippen molar-refractivity contribution < 1.29 is 24.2 Å². The Balaban J connectivity index is 1.61. The van der Waals surface area contributed by atoms with Gasteiger partial charge in [-0.1, -0.05) is 18.2 Å². The third kappa shape index (κ3) is 3.04. The average molecular weight is 435 g/mol. The molecule has 0 spiro atoms. The topological polar surface area (TPSA) is 120 Å². The van der Waals surface area contributed by atoms with Crippen molar-refractivity contribution in [2.75, 3.05) is 6.61 Å². The highest BCUT2D eigenvalue weighted by Gasteiger charge is 2.48. The van der Waals surface area contributed by atoms with Gasteiger partial charge in [-0.15, -0.1) is 0 Å². The maximum absolute atomic E-state index is 13.3. The van der Waals surface area contributed by atoms with Crippen molar-refractivity contribution in [2.45, 2.75) is 38.6 Å². The smallest absolute Gasteiger partial charge is 0.407 e. The third-order valence-corrected chi connectivity index (χ3v) is 5.72. The standard InChI is InChI=1S/C23H21N3O6/c1-12(2)24-22(29)32-11-23(30)16-8-18-19-14(7-13-5-3-4-6-17(13)25-19)9-26(18)20(27)15(16)10-31-21(23)28/h3-8,12,30H,9-11H2,1-2H3,(H,24,29). The molecule has 164 valence electrons. The Morgan fingerprint density at radius 2 is 2.09 bits per heavy atom. The molecular weight excluding hydrogens is 414 g/mol. The lowest BCUT2D eigenvalue weighted by atomic mass is 9.88. The number of para-hydroxylation sites is 1. The third-order valence-electron chi connectivity index (χ3n) is 5.72. The fourth-order valence-electron chi connectivity index (χ4n) is 4.17. The van der Waals surface area contributed by atoms with Gasteiger partial charge < -0.3 is 24.5 Å². The highest BCUT2D eigenvalue weighted by molar-refractivity contribution is 5.86. The zero-order chi connectivity index (χ0) is 22.6. The number of nitrogens with zero attached hydrogens (tertiary/aromatic N) is 2. The number of esters is 1. The largest absolute Gasteiger partial charge is 0.458 e. The summed E-state index contributed by atoms with van der Waals surface area (Å²) in [6.07, 6.45) is -0.787. The van der Waals surface area contributed by atoms with Gasteiger partial charge in [0.25, 0.3) is 5.56 Å². The van der Waals surface area contributed by atoms with E-state index in [1.54, 1.807) is 24.5 Å². The van der Waals surface area contributed by atoms with Gasteiger partial charge in [-0.25, -0.2) is 14.6 Å². The van der Waals surface area contributed by atoms with Gasteiger partial charge in [0.2, 0.25) is 5.60 Å². The van der Waals surface area contributed by atoms with Crippen LogP contribution in [0.15, 0.2) is 41.2 Å². The highest BCUT2D eigenvalue weighted by Crippen LogP contribution is 2.37. The fourth-order valence-corrected chi connectivity index (χ4v) is 4.17. The lowest BCUT2D eigenvalue weighted by Crippen LogP contribution is -2.49. The first kappa shape index (κ1) is 20.2. The Kier molecular flexibility index (Phi) is 4.52. The van der Waals surface area contributed by atoms with Crippen molar-refractivity contribution in [2.24, 2.45) is 0 Å². The monoisotopic (exact) mass is 435 g/mol. The van der Waals surface area contributed by atoms with Crippen LogP contribution in [0.1, 0.15) is 30.5 Å². The van der Waals surface area contributed by atoms with E-state index < -0.39 is 24.3 Å². The van der Waals surface area contributed by atoms with E-state index in [0.29, 0.717) is 17.9 Å². The molecule has 9 heteroatoms. The highest BCUT2D eigenvalue weighted by atomic mass is 16.6. The Morgan fingerprint density at radius 3 is 2.88 bits per heavy atom. The first-order valence-electron chi connectivity index (χ1n) is 10.3. The number of hydrogen-bond donors (Lipinski definition) is 2. The predicted octanol–water partition coefficient (Wildman–Crippen LogP) is 1.80. The summed E-state index contributed by atoms with van der Waals surface area (Å²) in [6.45, 7) is 2.88. The zero-order valence-corrected chi connectivity index (χ0v) is 17.5. The van der Waals surface area contributed by atoms with Crippen LogP contribution in [0.25, 0.3) is 22.3 Å². The number of fused-ring (bicyclic) bond motifs is 5. The number of ether oxygens (including phenoxy) is 2. The second-order valence-electron chi connectivity index (χ2n) is 8.31. The lowest BCUT2D eigenvalue weighted by molar-refractivity contribution is -0.176. The minimum absolute atomic E-state index is 0.0742. The SMILES string of the molecule is CC(C)NC(=O)OCC1(O)C(=O)OCc2c1cc1n(c2=O)Cc2cc3ccccc3nc2-1. The van der Waals surface area contributed by atoms with Crippen molar-refractivity contribution in [3.05, 3.63) is 63.4 Å². The summed E-state index contributed by atoms with van der Waals surface area (Å²) in [6, 6.07) is 11.0. The summed E-state index contributed by atoms with van der Waals surface area (Å²) >= 11 is 0. The predicted molar refractivity (Wildman–Crippen MR) is 114 cm³/mol.